The molecule has 0 radical (unpaired) electrons. The highest BCUT2D eigenvalue weighted by Gasteiger charge is 2.04. The Kier molecular flexibility index (Phi) is 47.6. The highest BCUT2D eigenvalue weighted by Crippen LogP contribution is 1.98. The number of likely N-dealkylation sites (N-methyl/N-ethyl adjacent to an activating group) is 1. The number of halogens is 1. The number of aldehydes is 1. The van der Waals surface area contributed by atoms with E-state index in [1.807, 2.05) is 0 Å². The van der Waals surface area contributed by atoms with Gasteiger partial charge in [0.15, 0.2) is 12.6 Å². The second-order valence-electron chi connectivity index (χ2n) is 4.68. The van der Waals surface area contributed by atoms with Crippen molar-refractivity contribution in [3.05, 3.63) is 0 Å². The third-order valence-corrected chi connectivity index (χ3v) is 3.15. The zero-order valence-corrected chi connectivity index (χ0v) is 19.0. The molecule has 0 aromatic heterocycles. The number of hydrogen-bond donors (Lipinski definition) is 4. The Bertz CT molecular complexity index is 299. The van der Waals surface area contributed by atoms with E-state index in [2.05, 4.69) is 10.0 Å². The molecular formula is C16H42ClN3O8S. The molecule has 0 aromatic rings. The lowest BCUT2D eigenvalue weighted by atomic mass is 10.4. The Hall–Kier alpha value is -0.250. The molecule has 1 unspecified atom stereocenters. The molecule has 11 nitrogen and oxygen atoms in total. The number of rotatable bonds is 10. The number of hydrogen-bond acceptors (Lipinski definition) is 9. The van der Waals surface area contributed by atoms with Crippen LogP contribution in [0, 0.1) is 0 Å². The molecule has 5 N–H and O–H groups in total. The topological polar surface area (TPSA) is 151 Å². The lowest BCUT2D eigenvalue weighted by Crippen LogP contribution is -2.30. The number of nitrogens with one attached hydrogen (secondary N) is 2. The molecule has 0 aromatic carbocycles. The third kappa shape index (κ3) is 38.9. The molecule has 0 spiro atoms. The average molecular weight is 472 g/mol. The van der Waals surface area contributed by atoms with Crippen LogP contribution in [0.3, 0.4) is 0 Å². The Balaban J connectivity index is -0.0000000897. The summed E-state index contributed by atoms with van der Waals surface area (Å²) in [6, 6.07) is 0. The van der Waals surface area contributed by atoms with Gasteiger partial charge in [-0.1, -0.05) is 7.43 Å². The van der Waals surface area contributed by atoms with E-state index in [4.69, 9.17) is 34.0 Å². The molecule has 0 amide bonds. The van der Waals surface area contributed by atoms with E-state index in [0.29, 0.717) is 13.1 Å². The van der Waals surface area contributed by atoms with E-state index >= 15 is 0 Å². The summed E-state index contributed by atoms with van der Waals surface area (Å²) in [6.07, 6.45) is 2.66. The van der Waals surface area contributed by atoms with Gasteiger partial charge in [0, 0.05) is 48.2 Å². The molecular weight excluding hydrogens is 430 g/mol. The Morgan fingerprint density at radius 3 is 1.69 bits per heavy atom. The van der Waals surface area contributed by atoms with Gasteiger partial charge >= 0.3 is 0 Å². The van der Waals surface area contributed by atoms with Crippen molar-refractivity contribution in [1.29, 1.82) is 0 Å². The summed E-state index contributed by atoms with van der Waals surface area (Å²) in [6.45, 7) is 3.06. The van der Waals surface area contributed by atoms with Crippen LogP contribution in [0.25, 0.3) is 0 Å². The van der Waals surface area contributed by atoms with Crippen molar-refractivity contribution in [1.82, 2.24) is 10.0 Å². The van der Waals surface area contributed by atoms with Crippen LogP contribution in [0.15, 0.2) is 0 Å². The van der Waals surface area contributed by atoms with Gasteiger partial charge in [-0.2, -0.15) is 0 Å². The molecule has 1 rings (SSSR count). The van der Waals surface area contributed by atoms with Gasteiger partial charge in [-0.05, 0) is 19.9 Å². The molecule has 0 bridgehead atoms. The van der Waals surface area contributed by atoms with Crippen molar-refractivity contribution >= 4 is 30.0 Å². The molecule has 1 heterocycles. The van der Waals surface area contributed by atoms with Crippen molar-refractivity contribution in [2.45, 2.75) is 32.8 Å². The molecule has 1 fully saturated rings. The van der Waals surface area contributed by atoms with Crippen LogP contribution in [0.4, 0.5) is 0 Å². The van der Waals surface area contributed by atoms with Gasteiger partial charge in [-0.3, -0.25) is 4.55 Å². The first-order valence-corrected chi connectivity index (χ1v) is 9.39. The summed E-state index contributed by atoms with van der Waals surface area (Å²) >= 11 is -2.00. The number of carbonyl (C=O) groups excluding carboxylic acids is 1. The van der Waals surface area contributed by atoms with Crippen molar-refractivity contribution in [3.63, 3.8) is 0 Å². The van der Waals surface area contributed by atoms with Crippen LogP contribution < -0.4 is 15.8 Å². The zero-order valence-electron chi connectivity index (χ0n) is 17.4. The summed E-state index contributed by atoms with van der Waals surface area (Å²) in [5.41, 5.74) is 5.14. The van der Waals surface area contributed by atoms with Crippen molar-refractivity contribution < 1.29 is 37.2 Å². The number of ether oxygens (including phenoxy) is 5. The first-order valence-electron chi connectivity index (χ1n) is 8.28. The highest BCUT2D eigenvalue weighted by molar-refractivity contribution is 7.77. The van der Waals surface area contributed by atoms with Gasteiger partial charge in [0.05, 0.1) is 13.1 Å². The molecule has 29 heavy (non-hydrogen) atoms. The number of methoxy groups -OCH3 is 4. The quantitative estimate of drug-likeness (QED) is 0.197. The maximum atomic E-state index is 10.0. The van der Waals surface area contributed by atoms with Gasteiger partial charge in [0.25, 0.3) is 0 Å². The lowest BCUT2D eigenvalue weighted by Gasteiger charge is -2.11. The van der Waals surface area contributed by atoms with Gasteiger partial charge in [0.2, 0.25) is 11.3 Å². The Labute approximate surface area is 184 Å². The number of nitrogens with two attached hydrogens (primary N) is 1. The van der Waals surface area contributed by atoms with Gasteiger partial charge in [-0.15, -0.1) is 12.4 Å². The molecule has 1 aliphatic heterocycles. The fourth-order valence-electron chi connectivity index (χ4n) is 1.28. The molecule has 0 aliphatic carbocycles. The Morgan fingerprint density at radius 1 is 1.10 bits per heavy atom. The van der Waals surface area contributed by atoms with Crippen molar-refractivity contribution in [2.24, 2.45) is 5.73 Å². The standard InChI is InChI=1S/C4H11NO4S.C4H11NO2.C4H8O.C3H7NO.CH4.ClH/c1-8-4(9-2)3-5-10(6)7;1-6-4(3-5)7-2;1-2-4-5-3-1;1-4-2-3-5;;/h4-5H,3H2,1-2H3,(H,6,7);4H,3,5H2,1-2H3;1-4H2;3-4H,2H2,1H3;1H4;1H. The van der Waals surface area contributed by atoms with Crippen molar-refractivity contribution in [2.75, 3.05) is 68.3 Å². The highest BCUT2D eigenvalue weighted by atomic mass is 35.5. The SMILES string of the molecule is C.C1CCOC1.CNCC=O.COC(CN)OC.COC(CNS(=O)O)OC.Cl. The molecule has 0 saturated carbocycles. The van der Waals surface area contributed by atoms with Crippen LogP contribution in [-0.4, -0.2) is 96.0 Å². The maximum Gasteiger partial charge on any atom is 0.231 e. The molecule has 13 heteroatoms. The van der Waals surface area contributed by atoms with Crippen LogP contribution in [0.2, 0.25) is 0 Å². The summed E-state index contributed by atoms with van der Waals surface area (Å²) in [7, 11) is 7.75. The summed E-state index contributed by atoms with van der Waals surface area (Å²) in [5, 5.41) is 2.65. The van der Waals surface area contributed by atoms with Gasteiger partial charge in [0.1, 0.15) is 6.29 Å². The predicted octanol–water partition coefficient (Wildman–Crippen LogP) is 0.155. The van der Waals surface area contributed by atoms with E-state index in [-0.39, 0.29) is 32.7 Å². The second-order valence-corrected chi connectivity index (χ2v) is 5.47. The molecule has 1 atom stereocenters. The van der Waals surface area contributed by atoms with Crippen LogP contribution >= 0.6 is 12.4 Å². The van der Waals surface area contributed by atoms with Crippen molar-refractivity contribution in [3.8, 4) is 0 Å². The van der Waals surface area contributed by atoms with E-state index in [9.17, 15) is 9.00 Å². The average Bonchev–Trinajstić information content (AvgIpc) is 3.26. The minimum Gasteiger partial charge on any atom is -0.381 e. The normalized spacial score (nSPS) is 12.7. The lowest BCUT2D eigenvalue weighted by molar-refractivity contribution is -0.107. The minimum atomic E-state index is -2.00. The monoisotopic (exact) mass is 471 g/mol. The van der Waals surface area contributed by atoms with Gasteiger partial charge < -0.3 is 39.5 Å². The van der Waals surface area contributed by atoms with Crippen LogP contribution in [-0.2, 0) is 39.7 Å². The summed E-state index contributed by atoms with van der Waals surface area (Å²) in [4.78, 5) is 9.34. The number of carbonyl (C=O) groups is 1. The van der Waals surface area contributed by atoms with Gasteiger partial charge in [-0.25, -0.2) is 8.93 Å². The smallest absolute Gasteiger partial charge is 0.231 e. The summed E-state index contributed by atoms with van der Waals surface area (Å²) in [5.74, 6) is 0. The predicted molar refractivity (Wildman–Crippen MR) is 117 cm³/mol. The van der Waals surface area contributed by atoms with Crippen LogP contribution in [0.1, 0.15) is 20.3 Å². The third-order valence-electron chi connectivity index (χ3n) is 2.73. The maximum absolute atomic E-state index is 10.0. The molecule has 182 valence electrons. The summed E-state index contributed by atoms with van der Waals surface area (Å²) < 4.78 is 44.3. The zero-order chi connectivity index (χ0) is 21.3. The fourth-order valence-corrected chi connectivity index (χ4v) is 1.56. The first kappa shape index (κ1) is 39.2. The largest absolute Gasteiger partial charge is 0.381 e. The van der Waals surface area contributed by atoms with E-state index < -0.39 is 17.6 Å². The Morgan fingerprint density at radius 2 is 1.55 bits per heavy atom. The molecule has 1 aliphatic rings. The molecule has 1 saturated heterocycles. The van der Waals surface area contributed by atoms with E-state index in [0.717, 1.165) is 19.5 Å². The van der Waals surface area contributed by atoms with Crippen LogP contribution in [0.5, 0.6) is 0 Å². The fraction of sp³-hybridized carbons (Fsp3) is 0.938. The van der Waals surface area contributed by atoms with E-state index in [1.165, 1.54) is 27.1 Å². The second kappa shape index (κ2) is 35.2. The minimum absolute atomic E-state index is 0. The first-order chi connectivity index (χ1) is 13.0. The van der Waals surface area contributed by atoms with E-state index in [1.54, 1.807) is 21.3 Å².